The molecule has 0 amide bonds. The minimum Gasteiger partial charge on any atom is -0.478 e. The summed E-state index contributed by atoms with van der Waals surface area (Å²) in [6, 6.07) is 16.8. The third-order valence-corrected chi connectivity index (χ3v) is 6.77. The molecular formula is C23H21N3O3S. The smallest absolute Gasteiger partial charge is 0.335 e. The molecule has 0 radical (unpaired) electrons. The first kappa shape index (κ1) is 18.9. The van der Waals surface area contributed by atoms with Crippen LogP contribution in [-0.4, -0.2) is 37.9 Å². The molecule has 1 saturated heterocycles. The summed E-state index contributed by atoms with van der Waals surface area (Å²) >= 11 is 1.79. The fraction of sp³-hybridized carbons (Fsp3) is 0.261. The summed E-state index contributed by atoms with van der Waals surface area (Å²) in [6.07, 6.45) is 2.83. The average molecular weight is 420 g/mol. The van der Waals surface area contributed by atoms with Crippen molar-refractivity contribution < 1.29 is 14.3 Å². The molecule has 30 heavy (non-hydrogen) atoms. The molecular weight excluding hydrogens is 398 g/mol. The van der Waals surface area contributed by atoms with Crippen LogP contribution >= 0.6 is 11.8 Å². The van der Waals surface area contributed by atoms with Gasteiger partial charge in [0.1, 0.15) is 23.6 Å². The van der Waals surface area contributed by atoms with Gasteiger partial charge in [0.25, 0.3) is 0 Å². The standard InChI is InChI=1S/C23H21N3O3S/c1-2-16-13-30-23-25-20(17-8-3-4-11-24-17)21(26(16)23)19-10-9-18(29-19)14-6-5-7-15(12-14)22(27)28/h3-12,16,20-21H,2,13H2,1H3,(H,27,28)/t16-,20+,21+/m0/s1. The van der Waals surface area contributed by atoms with Crippen LogP contribution in [0.3, 0.4) is 0 Å². The van der Waals surface area contributed by atoms with Crippen molar-refractivity contribution in [1.82, 2.24) is 9.88 Å². The number of carboxylic acid groups (broad SMARTS) is 1. The molecule has 3 aromatic rings. The summed E-state index contributed by atoms with van der Waals surface area (Å²) < 4.78 is 6.30. The molecule has 0 bridgehead atoms. The van der Waals surface area contributed by atoms with Crippen LogP contribution in [0.1, 0.15) is 47.2 Å². The second-order valence-corrected chi connectivity index (χ2v) is 8.41. The normalized spacial score (nSPS) is 22.8. The summed E-state index contributed by atoms with van der Waals surface area (Å²) in [5, 5.41) is 10.3. The van der Waals surface area contributed by atoms with Crippen LogP contribution in [-0.2, 0) is 0 Å². The SMILES string of the molecule is CC[C@H]1CSC2=N[C@H](c3ccccn3)[C@@H](c3ccc(-c4cccc(C(=O)O)c4)o3)N21. The van der Waals surface area contributed by atoms with Crippen LogP contribution in [0.25, 0.3) is 11.3 Å². The van der Waals surface area contributed by atoms with Gasteiger partial charge in [0.15, 0.2) is 5.17 Å². The van der Waals surface area contributed by atoms with Gasteiger partial charge in [0, 0.05) is 23.6 Å². The van der Waals surface area contributed by atoms with Crippen molar-refractivity contribution >= 4 is 22.9 Å². The second kappa shape index (κ2) is 7.65. The number of thioether (sulfide) groups is 1. The molecule has 7 heteroatoms. The fourth-order valence-corrected chi connectivity index (χ4v) is 5.47. The number of hydrogen-bond donors (Lipinski definition) is 1. The van der Waals surface area contributed by atoms with Crippen molar-refractivity contribution in [3.63, 3.8) is 0 Å². The van der Waals surface area contributed by atoms with Gasteiger partial charge >= 0.3 is 5.97 Å². The summed E-state index contributed by atoms with van der Waals surface area (Å²) in [6.45, 7) is 2.20. The van der Waals surface area contributed by atoms with Gasteiger partial charge < -0.3 is 14.4 Å². The van der Waals surface area contributed by atoms with E-state index in [1.54, 1.807) is 36.2 Å². The second-order valence-electron chi connectivity index (χ2n) is 7.42. The van der Waals surface area contributed by atoms with E-state index in [1.807, 2.05) is 36.4 Å². The van der Waals surface area contributed by atoms with E-state index in [9.17, 15) is 9.90 Å². The van der Waals surface area contributed by atoms with Crippen molar-refractivity contribution in [2.45, 2.75) is 31.5 Å². The molecule has 0 aliphatic carbocycles. The number of benzene rings is 1. The summed E-state index contributed by atoms with van der Waals surface area (Å²) in [5.74, 6) is 1.55. The van der Waals surface area contributed by atoms with Crippen LogP contribution in [0.5, 0.6) is 0 Å². The highest BCUT2D eigenvalue weighted by atomic mass is 32.2. The van der Waals surface area contributed by atoms with Gasteiger partial charge in [-0.3, -0.25) is 4.98 Å². The lowest BCUT2D eigenvalue weighted by Crippen LogP contribution is -2.35. The average Bonchev–Trinajstić information content (AvgIpc) is 3.49. The molecule has 5 rings (SSSR count). The number of aromatic carboxylic acids is 1. The highest BCUT2D eigenvalue weighted by Crippen LogP contribution is 2.49. The van der Waals surface area contributed by atoms with Crippen LogP contribution < -0.4 is 0 Å². The van der Waals surface area contributed by atoms with Crippen LogP contribution in [0.2, 0.25) is 0 Å². The largest absolute Gasteiger partial charge is 0.478 e. The van der Waals surface area contributed by atoms with Gasteiger partial charge in [-0.25, -0.2) is 9.79 Å². The Labute approximate surface area is 178 Å². The first-order valence-corrected chi connectivity index (χ1v) is 11.0. The molecule has 2 aromatic heterocycles. The Hall–Kier alpha value is -3.06. The molecule has 1 N–H and O–H groups in total. The predicted octanol–water partition coefficient (Wildman–Crippen LogP) is 5.02. The van der Waals surface area contributed by atoms with Gasteiger partial charge in [-0.05, 0) is 42.8 Å². The number of rotatable bonds is 5. The van der Waals surface area contributed by atoms with Crippen molar-refractivity contribution in [3.05, 3.63) is 77.8 Å². The molecule has 152 valence electrons. The maximum Gasteiger partial charge on any atom is 0.335 e. The van der Waals surface area contributed by atoms with Crippen molar-refractivity contribution in [3.8, 4) is 11.3 Å². The number of carbonyl (C=O) groups is 1. The van der Waals surface area contributed by atoms with E-state index >= 15 is 0 Å². The lowest BCUT2D eigenvalue weighted by molar-refractivity contribution is 0.0697. The molecule has 1 aromatic carbocycles. The van der Waals surface area contributed by atoms with Crippen molar-refractivity contribution in [2.24, 2.45) is 4.99 Å². The molecule has 0 spiro atoms. The van der Waals surface area contributed by atoms with Gasteiger partial charge in [0.05, 0.1) is 11.3 Å². The minimum absolute atomic E-state index is 0.0637. The summed E-state index contributed by atoms with van der Waals surface area (Å²) in [5.41, 5.74) is 1.91. The molecule has 2 aliphatic rings. The molecule has 3 atom stereocenters. The molecule has 0 unspecified atom stereocenters. The number of hydrogen-bond acceptors (Lipinski definition) is 6. The van der Waals surface area contributed by atoms with Gasteiger partial charge in [-0.15, -0.1) is 0 Å². The van der Waals surface area contributed by atoms with E-state index in [0.29, 0.717) is 11.8 Å². The Morgan fingerprint density at radius 3 is 2.90 bits per heavy atom. The number of fused-ring (bicyclic) bond motifs is 1. The Balaban J connectivity index is 1.54. The third kappa shape index (κ3) is 3.19. The van der Waals surface area contributed by atoms with Crippen molar-refractivity contribution in [2.75, 3.05) is 5.75 Å². The Morgan fingerprint density at radius 1 is 1.23 bits per heavy atom. The van der Waals surface area contributed by atoms with Crippen molar-refractivity contribution in [1.29, 1.82) is 0 Å². The number of aromatic nitrogens is 1. The first-order chi connectivity index (χ1) is 14.7. The lowest BCUT2D eigenvalue weighted by Gasteiger charge is -2.30. The van der Waals surface area contributed by atoms with Gasteiger partial charge in [-0.2, -0.15) is 0 Å². The monoisotopic (exact) mass is 419 g/mol. The van der Waals surface area contributed by atoms with Gasteiger partial charge in [0.2, 0.25) is 0 Å². The Kier molecular flexibility index (Phi) is 4.83. The number of carboxylic acids is 1. The quantitative estimate of drug-likeness (QED) is 0.626. The number of furan rings is 1. The maximum atomic E-state index is 11.3. The van der Waals surface area contributed by atoms with Crippen LogP contribution in [0.15, 0.2) is 70.2 Å². The maximum absolute atomic E-state index is 11.3. The first-order valence-electron chi connectivity index (χ1n) is 9.99. The summed E-state index contributed by atoms with van der Waals surface area (Å²) in [4.78, 5) is 23.3. The lowest BCUT2D eigenvalue weighted by atomic mass is 10.0. The van der Waals surface area contributed by atoms with E-state index in [1.165, 1.54) is 0 Å². The highest BCUT2D eigenvalue weighted by Gasteiger charge is 2.46. The van der Waals surface area contributed by atoms with Crippen LogP contribution in [0, 0.1) is 0 Å². The number of aliphatic imine (C=N–C) groups is 1. The van der Waals surface area contributed by atoms with Gasteiger partial charge in [-0.1, -0.05) is 36.9 Å². The molecule has 1 fully saturated rings. The zero-order chi connectivity index (χ0) is 20.7. The van der Waals surface area contributed by atoms with E-state index in [2.05, 4.69) is 16.8 Å². The highest BCUT2D eigenvalue weighted by molar-refractivity contribution is 8.14. The topological polar surface area (TPSA) is 78.9 Å². The molecule has 2 aliphatic heterocycles. The van der Waals surface area contributed by atoms with Crippen LogP contribution in [0.4, 0.5) is 0 Å². The predicted molar refractivity (Wildman–Crippen MR) is 117 cm³/mol. The fourth-order valence-electron chi connectivity index (χ4n) is 4.13. The van der Waals surface area contributed by atoms with E-state index < -0.39 is 5.97 Å². The molecule has 0 saturated carbocycles. The third-order valence-electron chi connectivity index (χ3n) is 5.64. The number of nitrogens with zero attached hydrogens (tertiary/aromatic N) is 3. The zero-order valence-corrected chi connectivity index (χ0v) is 17.2. The number of amidine groups is 1. The van der Waals surface area contributed by atoms with E-state index in [4.69, 9.17) is 9.41 Å². The minimum atomic E-state index is -0.951. The Morgan fingerprint density at radius 2 is 2.13 bits per heavy atom. The number of pyridine rings is 1. The Bertz CT molecular complexity index is 1110. The zero-order valence-electron chi connectivity index (χ0n) is 16.4. The van der Waals surface area contributed by atoms with E-state index in [0.717, 1.165) is 34.4 Å². The summed E-state index contributed by atoms with van der Waals surface area (Å²) in [7, 11) is 0. The molecule has 6 nitrogen and oxygen atoms in total. The molecule has 4 heterocycles. The van der Waals surface area contributed by atoms with E-state index in [-0.39, 0.29) is 17.6 Å².